The van der Waals surface area contributed by atoms with Gasteiger partial charge < -0.3 is 20.7 Å². The summed E-state index contributed by atoms with van der Waals surface area (Å²) in [6.45, 7) is -0.394. The molecule has 12 nitrogen and oxygen atoms in total. The molecular formula is C17H18N6O6S. The number of fused-ring (bicyclic) bond motifs is 1. The Bertz CT molecular complexity index is 1130. The number of ether oxygens (including phenoxy) is 1. The van der Waals surface area contributed by atoms with Crippen molar-refractivity contribution >= 4 is 34.6 Å². The molecule has 0 unspecified atom stereocenters. The molecule has 30 heavy (non-hydrogen) atoms. The van der Waals surface area contributed by atoms with E-state index in [0.29, 0.717) is 5.75 Å². The number of nitrogens with two attached hydrogens (primary N) is 1. The van der Waals surface area contributed by atoms with Crippen molar-refractivity contribution in [2.75, 3.05) is 12.3 Å². The van der Waals surface area contributed by atoms with Gasteiger partial charge in [-0.05, 0) is 5.56 Å². The summed E-state index contributed by atoms with van der Waals surface area (Å²) in [5.74, 6) is 0.349. The molecule has 0 amide bonds. The highest BCUT2D eigenvalue weighted by Gasteiger charge is 2.45. The predicted octanol–water partition coefficient (Wildman–Crippen LogP) is 0.163. The van der Waals surface area contributed by atoms with Crippen molar-refractivity contribution in [3.05, 3.63) is 56.6 Å². The van der Waals surface area contributed by atoms with Crippen LogP contribution in [-0.2, 0) is 10.5 Å². The first-order chi connectivity index (χ1) is 14.4. The Hall–Kier alpha value is -3.00. The first-order valence-corrected chi connectivity index (χ1v) is 9.95. The molecule has 3 aromatic rings. The lowest BCUT2D eigenvalue weighted by Crippen LogP contribution is -2.31. The largest absolute Gasteiger partial charge is 0.394 e. The lowest BCUT2D eigenvalue weighted by Gasteiger charge is -2.21. The number of benzene rings is 1. The number of nitro benzene ring substituents is 1. The minimum Gasteiger partial charge on any atom is -0.394 e. The smallest absolute Gasteiger partial charge is 0.280 e. The van der Waals surface area contributed by atoms with Crippen LogP contribution in [0.25, 0.3) is 11.2 Å². The zero-order valence-corrected chi connectivity index (χ0v) is 16.2. The number of nitrogen functional groups attached to an aromatic ring is 1. The van der Waals surface area contributed by atoms with Crippen molar-refractivity contribution in [3.63, 3.8) is 0 Å². The molecule has 1 aliphatic rings. The standard InChI is InChI=1S/C17H18N6O6S/c18-17-20-14-11(15(26)21-17)19-7-22(14)16-13(12(25)10(5-24)29-16)30-6-8-1-3-9(4-2-8)23(27)28/h1-4,7,10,12-13,16,24-25H,5-6H2,(H3,18,20,21,26)/t10-,12-,13-,16-/m1/s1. The number of aromatic nitrogens is 4. The zero-order valence-electron chi connectivity index (χ0n) is 15.4. The lowest BCUT2D eigenvalue weighted by atomic mass is 10.2. The van der Waals surface area contributed by atoms with Crippen LogP contribution in [0.5, 0.6) is 0 Å². The fourth-order valence-electron chi connectivity index (χ4n) is 3.31. The van der Waals surface area contributed by atoms with Gasteiger partial charge in [-0.25, -0.2) is 4.98 Å². The molecule has 0 radical (unpaired) electrons. The van der Waals surface area contributed by atoms with Crippen molar-refractivity contribution in [3.8, 4) is 0 Å². The van der Waals surface area contributed by atoms with Gasteiger partial charge in [-0.15, -0.1) is 11.8 Å². The van der Waals surface area contributed by atoms with Gasteiger partial charge in [0, 0.05) is 17.9 Å². The number of rotatable bonds is 6. The molecule has 1 fully saturated rings. The Balaban J connectivity index is 1.62. The first-order valence-electron chi connectivity index (χ1n) is 8.90. The second-order valence-electron chi connectivity index (χ2n) is 6.71. The SMILES string of the molecule is Nc1nc2c(ncn2[C@@H]2O[C@H](CO)[C@@H](O)[C@H]2SCc2ccc([N+](=O)[O-])cc2)c(=O)[nH]1. The Kier molecular flexibility index (Phi) is 5.42. The Morgan fingerprint density at radius 2 is 2.10 bits per heavy atom. The molecular weight excluding hydrogens is 416 g/mol. The number of hydrogen-bond acceptors (Lipinski definition) is 10. The van der Waals surface area contributed by atoms with Crippen LogP contribution >= 0.6 is 11.8 Å². The molecule has 0 spiro atoms. The maximum Gasteiger partial charge on any atom is 0.280 e. The van der Waals surface area contributed by atoms with Crippen LogP contribution in [0.4, 0.5) is 11.6 Å². The normalized spacial score (nSPS) is 23.8. The fourth-order valence-corrected chi connectivity index (χ4v) is 4.62. The molecule has 3 heterocycles. The van der Waals surface area contributed by atoms with Gasteiger partial charge in [0.2, 0.25) is 5.95 Å². The quantitative estimate of drug-likeness (QED) is 0.308. The maximum absolute atomic E-state index is 12.0. The number of aliphatic hydroxyl groups is 2. The molecule has 13 heteroatoms. The van der Waals surface area contributed by atoms with Crippen molar-refractivity contribution in [2.45, 2.75) is 29.4 Å². The second-order valence-corrected chi connectivity index (χ2v) is 7.88. The summed E-state index contributed by atoms with van der Waals surface area (Å²) in [4.78, 5) is 32.9. The number of non-ortho nitro benzene ring substituents is 1. The molecule has 1 aliphatic heterocycles. The van der Waals surface area contributed by atoms with E-state index in [0.717, 1.165) is 5.56 Å². The summed E-state index contributed by atoms with van der Waals surface area (Å²) < 4.78 is 7.33. The van der Waals surface area contributed by atoms with E-state index in [4.69, 9.17) is 10.5 Å². The van der Waals surface area contributed by atoms with E-state index in [1.54, 1.807) is 12.1 Å². The molecule has 4 rings (SSSR count). The van der Waals surface area contributed by atoms with E-state index in [1.165, 1.54) is 34.8 Å². The van der Waals surface area contributed by atoms with Crippen LogP contribution in [0.1, 0.15) is 11.8 Å². The molecule has 0 bridgehead atoms. The van der Waals surface area contributed by atoms with E-state index in [9.17, 15) is 25.1 Å². The summed E-state index contributed by atoms with van der Waals surface area (Å²) in [5, 5.41) is 30.5. The van der Waals surface area contributed by atoms with E-state index in [2.05, 4.69) is 15.0 Å². The van der Waals surface area contributed by atoms with E-state index < -0.39 is 40.8 Å². The van der Waals surface area contributed by atoms with Crippen LogP contribution in [0.3, 0.4) is 0 Å². The average molecular weight is 434 g/mol. The first kappa shape index (κ1) is 20.3. The number of aliphatic hydroxyl groups excluding tert-OH is 2. The van der Waals surface area contributed by atoms with Crippen molar-refractivity contribution in [1.82, 2.24) is 19.5 Å². The summed E-state index contributed by atoms with van der Waals surface area (Å²) in [7, 11) is 0. The monoisotopic (exact) mass is 434 g/mol. The fraction of sp³-hybridized carbons (Fsp3) is 0.353. The van der Waals surface area contributed by atoms with Gasteiger partial charge in [-0.2, -0.15) is 4.98 Å². The highest BCUT2D eigenvalue weighted by molar-refractivity contribution is 7.99. The summed E-state index contributed by atoms with van der Waals surface area (Å²) in [6, 6.07) is 6.10. The minimum absolute atomic E-state index is 0.00928. The second kappa shape index (κ2) is 8.02. The number of thioether (sulfide) groups is 1. The van der Waals surface area contributed by atoms with Crippen LogP contribution in [-0.4, -0.2) is 58.7 Å². The summed E-state index contributed by atoms with van der Waals surface area (Å²) in [5.41, 5.74) is 6.24. The number of aromatic amines is 1. The molecule has 5 N–H and O–H groups in total. The Morgan fingerprint density at radius 3 is 2.77 bits per heavy atom. The van der Waals surface area contributed by atoms with Crippen LogP contribution < -0.4 is 11.3 Å². The van der Waals surface area contributed by atoms with Gasteiger partial charge in [-0.3, -0.25) is 24.5 Å². The Morgan fingerprint density at radius 1 is 1.37 bits per heavy atom. The third kappa shape index (κ3) is 3.63. The van der Waals surface area contributed by atoms with Gasteiger partial charge in [0.05, 0.1) is 29.2 Å². The predicted molar refractivity (Wildman–Crippen MR) is 108 cm³/mol. The number of anilines is 1. The van der Waals surface area contributed by atoms with Crippen LogP contribution in [0.15, 0.2) is 35.4 Å². The molecule has 0 saturated carbocycles. The number of imidazole rings is 1. The zero-order chi connectivity index (χ0) is 21.4. The van der Waals surface area contributed by atoms with E-state index in [-0.39, 0.29) is 22.8 Å². The van der Waals surface area contributed by atoms with Gasteiger partial charge in [0.25, 0.3) is 11.2 Å². The third-order valence-electron chi connectivity index (χ3n) is 4.81. The maximum atomic E-state index is 12.0. The Labute approximate surface area is 172 Å². The average Bonchev–Trinajstić information content (AvgIpc) is 3.27. The van der Waals surface area contributed by atoms with Crippen molar-refractivity contribution in [2.24, 2.45) is 0 Å². The molecule has 1 saturated heterocycles. The molecule has 158 valence electrons. The van der Waals surface area contributed by atoms with Gasteiger partial charge in [0.1, 0.15) is 6.10 Å². The lowest BCUT2D eigenvalue weighted by molar-refractivity contribution is -0.384. The molecule has 1 aromatic carbocycles. The number of nitrogens with zero attached hydrogens (tertiary/aromatic N) is 4. The number of H-pyrrole nitrogens is 1. The molecule has 2 aromatic heterocycles. The summed E-state index contributed by atoms with van der Waals surface area (Å²) >= 11 is 1.35. The van der Waals surface area contributed by atoms with E-state index in [1.807, 2.05) is 0 Å². The minimum atomic E-state index is -1.00. The number of hydrogen-bond donors (Lipinski definition) is 4. The van der Waals surface area contributed by atoms with E-state index >= 15 is 0 Å². The highest BCUT2D eigenvalue weighted by Crippen LogP contribution is 2.40. The number of nitro groups is 1. The van der Waals surface area contributed by atoms with Crippen LogP contribution in [0.2, 0.25) is 0 Å². The highest BCUT2D eigenvalue weighted by atomic mass is 32.2. The van der Waals surface area contributed by atoms with Gasteiger partial charge >= 0.3 is 0 Å². The molecule has 0 aliphatic carbocycles. The summed E-state index contributed by atoms with van der Waals surface area (Å²) in [6.07, 6.45) is -1.22. The third-order valence-corrected chi connectivity index (χ3v) is 6.20. The van der Waals surface area contributed by atoms with Gasteiger partial charge in [0.15, 0.2) is 17.4 Å². The van der Waals surface area contributed by atoms with Gasteiger partial charge in [-0.1, -0.05) is 12.1 Å². The number of nitrogens with one attached hydrogen (secondary N) is 1. The van der Waals surface area contributed by atoms with Crippen LogP contribution in [0, 0.1) is 10.1 Å². The molecule has 4 atom stereocenters. The van der Waals surface area contributed by atoms with Crippen molar-refractivity contribution < 1.29 is 19.9 Å². The van der Waals surface area contributed by atoms with Crippen molar-refractivity contribution in [1.29, 1.82) is 0 Å². The topological polar surface area (TPSA) is 182 Å².